The maximum Gasteiger partial charge on any atom is 0.414 e. The third kappa shape index (κ3) is 5.48. The van der Waals surface area contributed by atoms with E-state index in [2.05, 4.69) is 0 Å². The molecule has 0 spiro atoms. The largest absolute Gasteiger partial charge is 0.444 e. The number of rotatable bonds is 7. The van der Waals surface area contributed by atoms with Crippen molar-refractivity contribution in [3.05, 3.63) is 23.8 Å². The fraction of sp³-hybridized carbons (Fsp3) is 0.556. The van der Waals surface area contributed by atoms with Gasteiger partial charge in [0.2, 0.25) is 10.0 Å². The molecule has 1 aromatic rings. The number of anilines is 2. The van der Waals surface area contributed by atoms with Crippen molar-refractivity contribution in [2.24, 2.45) is 0 Å². The molecule has 1 atom stereocenters. The van der Waals surface area contributed by atoms with Crippen molar-refractivity contribution in [3.8, 4) is 0 Å². The molecule has 0 saturated carbocycles. The van der Waals surface area contributed by atoms with Gasteiger partial charge in [-0.25, -0.2) is 30.8 Å². The number of benzene rings is 1. The number of ketones is 1. The Morgan fingerprint density at radius 3 is 2.44 bits per heavy atom. The Morgan fingerprint density at radius 2 is 1.84 bits per heavy atom. The zero-order chi connectivity index (χ0) is 23.6. The highest BCUT2D eigenvalue weighted by molar-refractivity contribution is 7.88. The van der Waals surface area contributed by atoms with Crippen molar-refractivity contribution in [1.29, 1.82) is 0 Å². The number of hydrogen-bond donors (Lipinski definition) is 0. The lowest BCUT2D eigenvalue weighted by atomic mass is 10.1. The molecule has 2 fully saturated rings. The van der Waals surface area contributed by atoms with Gasteiger partial charge in [-0.2, -0.15) is 0 Å². The van der Waals surface area contributed by atoms with Crippen molar-refractivity contribution in [2.45, 2.75) is 25.4 Å². The number of carbonyl (C=O) groups is 2. The highest BCUT2D eigenvalue weighted by atomic mass is 32.2. The number of alkyl halides is 2. The smallest absolute Gasteiger partial charge is 0.414 e. The van der Waals surface area contributed by atoms with Crippen LogP contribution in [0.25, 0.3) is 0 Å². The molecule has 14 heteroatoms. The molecule has 0 radical (unpaired) electrons. The lowest BCUT2D eigenvalue weighted by molar-refractivity contribution is -0.129. The molecule has 1 aromatic carbocycles. The Balaban J connectivity index is 1.72. The van der Waals surface area contributed by atoms with E-state index < -0.39 is 58.2 Å². The van der Waals surface area contributed by atoms with Gasteiger partial charge in [0, 0.05) is 31.6 Å². The molecule has 2 aliphatic rings. The summed E-state index contributed by atoms with van der Waals surface area (Å²) in [5, 5.41) is 0. The fourth-order valence-corrected chi connectivity index (χ4v) is 4.10. The van der Waals surface area contributed by atoms with Crippen molar-refractivity contribution in [1.82, 2.24) is 4.47 Å². The molecular formula is C18H21F4N3O6S. The zero-order valence-corrected chi connectivity index (χ0v) is 17.8. The monoisotopic (exact) mass is 483 g/mol. The second-order valence-electron chi connectivity index (χ2n) is 7.29. The van der Waals surface area contributed by atoms with Gasteiger partial charge in [0.05, 0.1) is 31.6 Å². The van der Waals surface area contributed by atoms with Gasteiger partial charge in [-0.3, -0.25) is 14.5 Å². The van der Waals surface area contributed by atoms with E-state index in [0.29, 0.717) is 0 Å². The molecule has 9 nitrogen and oxygen atoms in total. The van der Waals surface area contributed by atoms with Crippen LogP contribution in [0.1, 0.15) is 12.8 Å². The molecule has 2 heterocycles. The first kappa shape index (κ1) is 24.2. The number of amides is 1. The van der Waals surface area contributed by atoms with Gasteiger partial charge >= 0.3 is 6.09 Å². The van der Waals surface area contributed by atoms with Gasteiger partial charge in [-0.15, -0.1) is 0 Å². The first-order chi connectivity index (χ1) is 15.0. The average molecular weight is 483 g/mol. The van der Waals surface area contributed by atoms with Gasteiger partial charge < -0.3 is 9.64 Å². The standard InChI is InChI=1S/C18H21F4N3O6S/c1-32(28,29)25-5-4-23(6-7-30-25)16-13(19)8-11(9-14(16)20)24-10-12(31-18(24)27)2-3-15(26)17(21)22/h8-9,12,17H,2-7,10H2,1H3/t12-/m0/s1. The third-order valence-electron chi connectivity index (χ3n) is 4.98. The van der Waals surface area contributed by atoms with Crippen LogP contribution >= 0.6 is 0 Å². The zero-order valence-electron chi connectivity index (χ0n) is 17.0. The molecule has 32 heavy (non-hydrogen) atoms. The van der Waals surface area contributed by atoms with Crippen LogP contribution in [0.15, 0.2) is 12.1 Å². The number of cyclic esters (lactones) is 1. The molecule has 1 amide bonds. The van der Waals surface area contributed by atoms with Crippen LogP contribution in [0.4, 0.5) is 33.7 Å². The van der Waals surface area contributed by atoms with E-state index in [1.165, 1.54) is 4.90 Å². The SMILES string of the molecule is CS(=O)(=O)N1CCN(c2c(F)cc(N3C[C@H](CCC(=O)C(F)F)OC3=O)cc2F)CCO1. The van der Waals surface area contributed by atoms with Crippen LogP contribution in [0.3, 0.4) is 0 Å². The Hall–Kier alpha value is -2.45. The van der Waals surface area contributed by atoms with Gasteiger partial charge in [-0.05, 0) is 6.42 Å². The van der Waals surface area contributed by atoms with E-state index in [-0.39, 0.29) is 44.9 Å². The second-order valence-corrected chi connectivity index (χ2v) is 9.16. The number of hydrogen-bond acceptors (Lipinski definition) is 7. The molecule has 0 unspecified atom stereocenters. The molecule has 3 rings (SSSR count). The summed E-state index contributed by atoms with van der Waals surface area (Å²) in [4.78, 5) is 30.5. The summed E-state index contributed by atoms with van der Waals surface area (Å²) in [6, 6.07) is 1.85. The minimum Gasteiger partial charge on any atom is -0.444 e. The molecular weight excluding hydrogens is 462 g/mol. The number of carbonyl (C=O) groups excluding carboxylic acids is 2. The highest BCUT2D eigenvalue weighted by Gasteiger charge is 2.34. The van der Waals surface area contributed by atoms with Gasteiger partial charge in [0.15, 0.2) is 17.4 Å². The summed E-state index contributed by atoms with van der Waals surface area (Å²) < 4.78 is 83.2. The molecule has 0 N–H and O–H groups in total. The molecule has 2 aliphatic heterocycles. The number of Topliss-reactive ketones (excluding diaryl/α,β-unsaturated/α-hetero) is 1. The number of ether oxygens (including phenoxy) is 1. The van der Waals surface area contributed by atoms with Gasteiger partial charge in [-0.1, -0.05) is 4.47 Å². The van der Waals surface area contributed by atoms with Crippen LogP contribution < -0.4 is 9.80 Å². The van der Waals surface area contributed by atoms with Gasteiger partial charge in [0.25, 0.3) is 6.43 Å². The predicted octanol–water partition coefficient (Wildman–Crippen LogP) is 1.92. The van der Waals surface area contributed by atoms with Crippen molar-refractivity contribution in [3.63, 3.8) is 0 Å². The van der Waals surface area contributed by atoms with Gasteiger partial charge in [0.1, 0.15) is 11.8 Å². The van der Waals surface area contributed by atoms with E-state index in [1.807, 2.05) is 0 Å². The number of halogens is 4. The maximum atomic E-state index is 14.8. The van der Waals surface area contributed by atoms with E-state index in [0.717, 1.165) is 27.8 Å². The Kier molecular flexibility index (Phi) is 7.25. The molecule has 2 saturated heterocycles. The lowest BCUT2D eigenvalue weighted by Crippen LogP contribution is -2.34. The summed E-state index contributed by atoms with van der Waals surface area (Å²) >= 11 is 0. The minimum absolute atomic E-state index is 0.0190. The Labute approximate surface area is 181 Å². The topological polar surface area (TPSA) is 96.5 Å². The van der Waals surface area contributed by atoms with E-state index in [1.54, 1.807) is 0 Å². The first-order valence-corrected chi connectivity index (χ1v) is 11.5. The third-order valence-corrected chi connectivity index (χ3v) is 6.01. The van der Waals surface area contributed by atoms with E-state index in [4.69, 9.17) is 9.57 Å². The highest BCUT2D eigenvalue weighted by Crippen LogP contribution is 2.32. The summed E-state index contributed by atoms with van der Waals surface area (Å²) in [5.41, 5.74) is -0.542. The van der Waals surface area contributed by atoms with Crippen LogP contribution in [0.5, 0.6) is 0 Å². The second kappa shape index (κ2) is 9.58. The average Bonchev–Trinajstić information content (AvgIpc) is 2.89. The van der Waals surface area contributed by atoms with Crippen LogP contribution in [0, 0.1) is 11.6 Å². The van der Waals surface area contributed by atoms with Crippen LogP contribution in [0.2, 0.25) is 0 Å². The first-order valence-electron chi connectivity index (χ1n) is 9.61. The molecule has 0 bridgehead atoms. The quantitative estimate of drug-likeness (QED) is 0.547. The number of nitrogens with zero attached hydrogens (tertiary/aromatic N) is 3. The van der Waals surface area contributed by atoms with Crippen LogP contribution in [-0.4, -0.2) is 76.3 Å². The fourth-order valence-electron chi connectivity index (χ4n) is 3.42. The summed E-state index contributed by atoms with van der Waals surface area (Å²) in [6.07, 6.45) is -4.59. The minimum atomic E-state index is -3.64. The number of hydroxylamine groups is 1. The lowest BCUT2D eigenvalue weighted by Gasteiger charge is -2.24. The summed E-state index contributed by atoms with van der Waals surface area (Å²) in [7, 11) is -3.64. The summed E-state index contributed by atoms with van der Waals surface area (Å²) in [6.45, 7) is -0.436. The van der Waals surface area contributed by atoms with Crippen molar-refractivity contribution >= 4 is 33.3 Å². The number of sulfonamides is 1. The molecule has 178 valence electrons. The van der Waals surface area contributed by atoms with Crippen molar-refractivity contribution in [2.75, 3.05) is 48.8 Å². The van der Waals surface area contributed by atoms with Crippen LogP contribution in [-0.2, 0) is 24.4 Å². The Morgan fingerprint density at radius 1 is 1.19 bits per heavy atom. The predicted molar refractivity (Wildman–Crippen MR) is 104 cm³/mol. The molecule has 0 aliphatic carbocycles. The van der Waals surface area contributed by atoms with E-state index in [9.17, 15) is 35.6 Å². The maximum absolute atomic E-state index is 14.8. The van der Waals surface area contributed by atoms with Crippen molar-refractivity contribution < 1.29 is 45.1 Å². The normalized spacial score (nSPS) is 20.6. The van der Waals surface area contributed by atoms with E-state index >= 15 is 0 Å². The Bertz CT molecular complexity index is 970. The summed E-state index contributed by atoms with van der Waals surface area (Å²) in [5.74, 6) is -3.26. The molecule has 0 aromatic heterocycles.